The fraction of sp³-hybridized carbons (Fsp3) is 0.434. The quantitative estimate of drug-likeness (QED) is 0.0462. The summed E-state index contributed by atoms with van der Waals surface area (Å²) in [5.74, 6) is 2.22. The lowest BCUT2D eigenvalue weighted by Gasteiger charge is -2.36. The summed E-state index contributed by atoms with van der Waals surface area (Å²) in [7, 11) is 1.88. The van der Waals surface area contributed by atoms with Gasteiger partial charge in [0, 0.05) is 80.8 Å². The second-order valence-corrected chi connectivity index (χ2v) is 20.3. The highest BCUT2D eigenvalue weighted by Gasteiger charge is 2.44. The van der Waals surface area contributed by atoms with Gasteiger partial charge in [0.25, 0.3) is 0 Å². The third kappa shape index (κ3) is 12.7. The van der Waals surface area contributed by atoms with E-state index in [-0.39, 0.29) is 55.7 Å². The lowest BCUT2D eigenvalue weighted by atomic mass is 9.84. The first-order valence-corrected chi connectivity index (χ1v) is 26.1. The van der Waals surface area contributed by atoms with Crippen molar-refractivity contribution < 1.29 is 33.7 Å². The van der Waals surface area contributed by atoms with E-state index in [4.69, 9.17) is 14.2 Å². The summed E-state index contributed by atoms with van der Waals surface area (Å²) >= 11 is 5.07. The minimum atomic E-state index is -0.835. The lowest BCUT2D eigenvalue weighted by Crippen LogP contribution is -2.54. The maximum Gasteiger partial charge on any atom is 0.246 e. The van der Waals surface area contributed by atoms with E-state index in [0.29, 0.717) is 62.7 Å². The number of fused-ring (bicyclic) bond motifs is 1. The van der Waals surface area contributed by atoms with E-state index in [1.54, 1.807) is 22.4 Å². The highest BCUT2D eigenvalue weighted by molar-refractivity contribution is 9.10. The van der Waals surface area contributed by atoms with Gasteiger partial charge in [-0.05, 0) is 89.5 Å². The van der Waals surface area contributed by atoms with Crippen LogP contribution in [0.2, 0.25) is 0 Å². The van der Waals surface area contributed by atoms with Crippen LogP contribution in [0.5, 0.6) is 11.5 Å². The number of aliphatic hydroxyl groups excluding tert-OH is 1. The minimum absolute atomic E-state index is 0.0724. The standard InChI is InChI=1S/C53H64BrN9O7S/c1-33(2)47(62-30-39-10-6-7-13-43(39)35(62)4)52(67)63-31-41(64)27-45(63)50(65)56-28-38-15-14-37(48-34(3)58-32-71-48)26-46(38)70-25-23-68-22-24-69-42-18-16-40(17-19-42)59-53-57-29-44(54)49(60-53)55-20-9-21-61(5)51(66)36-11-8-12-36/h6-7,10,13-19,26,29,32-33,36,41,45,47,64H,4,8-9,11-12,20-25,27-28,30-31H2,1-3,5H3,(H,56,65)(H2,55,57,59,60)/t41-,45+,47+/m1/s1. The summed E-state index contributed by atoms with van der Waals surface area (Å²) in [5.41, 5.74) is 8.13. The zero-order valence-corrected chi connectivity index (χ0v) is 43.3. The van der Waals surface area contributed by atoms with Crippen molar-refractivity contribution in [3.05, 3.63) is 112 Å². The van der Waals surface area contributed by atoms with Gasteiger partial charge in [-0.3, -0.25) is 14.4 Å². The molecule has 4 N–H and O–H groups in total. The first-order valence-electron chi connectivity index (χ1n) is 24.4. The number of aryl methyl sites for hydroxylation is 1. The molecule has 1 saturated heterocycles. The monoisotopic (exact) mass is 1050 g/mol. The molecule has 3 aliphatic rings. The molecule has 1 aliphatic carbocycles. The number of thiazole rings is 1. The van der Waals surface area contributed by atoms with Crippen LogP contribution in [0.3, 0.4) is 0 Å². The van der Waals surface area contributed by atoms with Crippen LogP contribution in [0, 0.1) is 18.8 Å². The number of aliphatic hydroxyl groups is 1. The number of halogens is 1. The van der Waals surface area contributed by atoms with Crippen molar-refractivity contribution in [3.8, 4) is 21.9 Å². The maximum absolute atomic E-state index is 14.4. The van der Waals surface area contributed by atoms with Crippen LogP contribution in [-0.2, 0) is 32.2 Å². The molecule has 0 spiro atoms. The number of benzene rings is 3. The van der Waals surface area contributed by atoms with Crippen molar-refractivity contribution in [1.82, 2.24) is 35.0 Å². The summed E-state index contributed by atoms with van der Waals surface area (Å²) in [6.45, 7) is 13.6. The Morgan fingerprint density at radius 2 is 1.79 bits per heavy atom. The fourth-order valence-corrected chi connectivity index (χ4v) is 10.3. The summed E-state index contributed by atoms with van der Waals surface area (Å²) in [5, 5.41) is 20.5. The van der Waals surface area contributed by atoms with E-state index in [0.717, 1.165) is 74.4 Å². The number of likely N-dealkylation sites (tertiary alicyclic amines) is 1. The largest absolute Gasteiger partial charge is 0.491 e. The van der Waals surface area contributed by atoms with E-state index in [1.807, 2.05) is 110 Å². The molecule has 18 heteroatoms. The SMILES string of the molecule is C=C1c2ccccc2CN1[C@H](C(=O)N1C[C@H](O)C[C@H]1C(=O)NCc1ccc(-c2scnc2C)cc1OCCOCCOc1ccc(Nc2ncc(Br)c(NCCCN(C)C(=O)C3CCC3)n2)cc1)C(C)C. The molecule has 3 amide bonds. The molecule has 3 atom stereocenters. The third-order valence-electron chi connectivity index (χ3n) is 13.3. The van der Waals surface area contributed by atoms with E-state index in [1.165, 1.54) is 0 Å². The Morgan fingerprint density at radius 3 is 2.51 bits per heavy atom. The van der Waals surface area contributed by atoms with Gasteiger partial charge in [-0.25, -0.2) is 9.97 Å². The molecule has 71 heavy (non-hydrogen) atoms. The Morgan fingerprint density at radius 1 is 1.01 bits per heavy atom. The number of carbonyl (C=O) groups is 3. The van der Waals surface area contributed by atoms with Crippen molar-refractivity contribution in [1.29, 1.82) is 0 Å². The number of aromatic nitrogens is 3. The molecule has 2 aliphatic heterocycles. The Kier molecular flexibility index (Phi) is 17.3. The number of nitrogens with zero attached hydrogens (tertiary/aromatic N) is 6. The average Bonchev–Trinajstić information content (AvgIpc) is 4.06. The number of amides is 3. The molecule has 2 fully saturated rings. The summed E-state index contributed by atoms with van der Waals surface area (Å²) in [6.07, 6.45) is 4.98. The summed E-state index contributed by atoms with van der Waals surface area (Å²) < 4.78 is 18.9. The molecule has 16 nitrogen and oxygen atoms in total. The molecule has 5 aromatic rings. The first-order chi connectivity index (χ1) is 34.3. The lowest BCUT2D eigenvalue weighted by molar-refractivity contribution is -0.143. The van der Waals surface area contributed by atoms with Crippen molar-refractivity contribution in [2.45, 2.75) is 84.2 Å². The van der Waals surface area contributed by atoms with Crippen LogP contribution in [-0.4, -0.2) is 124 Å². The van der Waals surface area contributed by atoms with Crippen LogP contribution in [0.4, 0.5) is 17.5 Å². The van der Waals surface area contributed by atoms with Crippen molar-refractivity contribution in [3.63, 3.8) is 0 Å². The van der Waals surface area contributed by atoms with E-state index in [2.05, 4.69) is 53.4 Å². The maximum atomic E-state index is 14.4. The second-order valence-electron chi connectivity index (χ2n) is 18.6. The minimum Gasteiger partial charge on any atom is -0.491 e. The number of ether oxygens (including phenoxy) is 3. The van der Waals surface area contributed by atoms with Crippen molar-refractivity contribution in [2.24, 2.45) is 11.8 Å². The number of carbonyl (C=O) groups excluding carboxylic acids is 3. The Balaban J connectivity index is 0.795. The zero-order chi connectivity index (χ0) is 50.0. The van der Waals surface area contributed by atoms with Gasteiger partial charge in [-0.15, -0.1) is 11.3 Å². The number of anilines is 3. The van der Waals surface area contributed by atoms with Crippen LogP contribution < -0.4 is 25.4 Å². The van der Waals surface area contributed by atoms with Crippen LogP contribution in [0.1, 0.15) is 68.3 Å². The number of rotatable bonds is 23. The molecule has 8 rings (SSSR count). The predicted molar refractivity (Wildman–Crippen MR) is 279 cm³/mol. The number of β-amino-alcohol motifs (C(OH)–C–C–N with tert-alkyl or cyclic N) is 1. The average molecular weight is 1050 g/mol. The number of hydrogen-bond acceptors (Lipinski definition) is 14. The fourth-order valence-electron chi connectivity index (χ4n) is 9.20. The molecule has 2 aromatic heterocycles. The highest BCUT2D eigenvalue weighted by Crippen LogP contribution is 2.37. The number of nitrogens with one attached hydrogen (secondary N) is 3. The van der Waals surface area contributed by atoms with Crippen LogP contribution in [0.15, 0.2) is 89.5 Å². The summed E-state index contributed by atoms with van der Waals surface area (Å²) in [4.78, 5) is 60.7. The van der Waals surface area contributed by atoms with Gasteiger partial charge in [0.05, 0.1) is 39.9 Å². The van der Waals surface area contributed by atoms with E-state index in [9.17, 15) is 19.5 Å². The zero-order valence-electron chi connectivity index (χ0n) is 40.9. The smallest absolute Gasteiger partial charge is 0.246 e. The highest BCUT2D eigenvalue weighted by atomic mass is 79.9. The molecule has 4 heterocycles. The van der Waals surface area contributed by atoms with Crippen molar-refractivity contribution >= 4 is 68.1 Å². The van der Waals surface area contributed by atoms with Gasteiger partial charge < -0.3 is 50.0 Å². The van der Waals surface area contributed by atoms with E-state index >= 15 is 0 Å². The number of hydrogen-bond donors (Lipinski definition) is 4. The normalized spacial score (nSPS) is 16.9. The summed E-state index contributed by atoms with van der Waals surface area (Å²) in [6, 6.07) is 20.0. The molecule has 3 aromatic carbocycles. The van der Waals surface area contributed by atoms with Crippen LogP contribution in [0.25, 0.3) is 16.1 Å². The van der Waals surface area contributed by atoms with Gasteiger partial charge in [0.15, 0.2) is 0 Å². The van der Waals surface area contributed by atoms with Gasteiger partial charge >= 0.3 is 0 Å². The van der Waals surface area contributed by atoms with Crippen LogP contribution >= 0.6 is 27.3 Å². The van der Waals surface area contributed by atoms with Gasteiger partial charge in [0.1, 0.15) is 42.6 Å². The Hall–Kier alpha value is -6.08. The Bertz CT molecular complexity index is 2660. The molecule has 0 bridgehead atoms. The molecule has 376 valence electrons. The van der Waals surface area contributed by atoms with E-state index < -0.39 is 18.2 Å². The molecular weight excluding hydrogens is 987 g/mol. The van der Waals surface area contributed by atoms with Gasteiger partial charge in [0.2, 0.25) is 23.7 Å². The predicted octanol–water partition coefficient (Wildman–Crippen LogP) is 8.04. The van der Waals surface area contributed by atoms with Crippen molar-refractivity contribution in [2.75, 3.05) is 63.7 Å². The Labute approximate surface area is 428 Å². The molecule has 0 unspecified atom stereocenters. The molecule has 1 saturated carbocycles. The van der Waals surface area contributed by atoms with Gasteiger partial charge in [-0.1, -0.05) is 63.2 Å². The third-order valence-corrected chi connectivity index (χ3v) is 14.8. The topological polar surface area (TPSA) is 184 Å². The molecular formula is C53H64BrN9O7S. The van der Waals surface area contributed by atoms with Gasteiger partial charge in [-0.2, -0.15) is 4.98 Å². The molecule has 0 radical (unpaired) electrons. The first kappa shape index (κ1) is 51.3. The second kappa shape index (κ2) is 23.9.